The molecule has 0 spiro atoms. The largest absolute Gasteiger partial charge is 0.353 e. The molecule has 2 aliphatic rings. The van der Waals surface area contributed by atoms with Crippen molar-refractivity contribution in [1.82, 2.24) is 19.9 Å². The molecular formula is C20H23N5S. The molecule has 3 aromatic heterocycles. The molecule has 0 aromatic carbocycles. The Labute approximate surface area is 157 Å². The lowest BCUT2D eigenvalue weighted by atomic mass is 9.97. The van der Waals surface area contributed by atoms with Gasteiger partial charge in [-0.05, 0) is 42.9 Å². The normalized spacial score (nSPS) is 18.2. The van der Waals surface area contributed by atoms with Crippen molar-refractivity contribution in [3.63, 3.8) is 0 Å². The third kappa shape index (κ3) is 2.97. The van der Waals surface area contributed by atoms with Crippen LogP contribution in [0.2, 0.25) is 0 Å². The molecule has 1 fully saturated rings. The van der Waals surface area contributed by atoms with Gasteiger partial charge in [0.05, 0.1) is 5.39 Å². The lowest BCUT2D eigenvalue weighted by Crippen LogP contribution is -2.46. The maximum atomic E-state index is 4.71. The van der Waals surface area contributed by atoms with E-state index in [4.69, 9.17) is 4.98 Å². The lowest BCUT2D eigenvalue weighted by molar-refractivity contribution is 0.249. The average Bonchev–Trinajstić information content (AvgIpc) is 3.08. The Balaban J connectivity index is 1.36. The van der Waals surface area contributed by atoms with E-state index in [1.54, 1.807) is 11.2 Å². The maximum Gasteiger partial charge on any atom is 0.141 e. The quantitative estimate of drug-likeness (QED) is 0.713. The van der Waals surface area contributed by atoms with Gasteiger partial charge in [-0.3, -0.25) is 9.88 Å². The minimum absolute atomic E-state index is 0.981. The Kier molecular flexibility index (Phi) is 4.30. The van der Waals surface area contributed by atoms with E-state index in [0.717, 1.165) is 38.5 Å². The molecular weight excluding hydrogens is 342 g/mol. The second-order valence-electron chi connectivity index (χ2n) is 7.21. The van der Waals surface area contributed by atoms with Gasteiger partial charge in [0.25, 0.3) is 0 Å². The van der Waals surface area contributed by atoms with E-state index in [1.807, 2.05) is 29.8 Å². The van der Waals surface area contributed by atoms with Crippen molar-refractivity contribution in [3.8, 4) is 0 Å². The summed E-state index contributed by atoms with van der Waals surface area (Å²) in [6.07, 6.45) is 10.6. The zero-order valence-electron chi connectivity index (χ0n) is 14.9. The molecule has 5 nitrogen and oxygen atoms in total. The van der Waals surface area contributed by atoms with Crippen LogP contribution in [0.5, 0.6) is 0 Å². The minimum Gasteiger partial charge on any atom is -0.353 e. The summed E-state index contributed by atoms with van der Waals surface area (Å²) in [5.74, 6) is 1.16. The molecule has 0 radical (unpaired) electrons. The number of rotatable bonds is 3. The van der Waals surface area contributed by atoms with Crippen molar-refractivity contribution in [1.29, 1.82) is 0 Å². The first-order valence-electron chi connectivity index (χ1n) is 9.50. The molecule has 26 heavy (non-hydrogen) atoms. The van der Waals surface area contributed by atoms with E-state index in [0.29, 0.717) is 0 Å². The Morgan fingerprint density at radius 3 is 2.77 bits per heavy atom. The topological polar surface area (TPSA) is 45.2 Å². The summed E-state index contributed by atoms with van der Waals surface area (Å²) in [6.45, 7) is 5.15. The third-order valence-electron chi connectivity index (χ3n) is 5.53. The fraction of sp³-hybridized carbons (Fsp3) is 0.450. The van der Waals surface area contributed by atoms with Gasteiger partial charge in [-0.25, -0.2) is 9.97 Å². The van der Waals surface area contributed by atoms with Crippen molar-refractivity contribution in [2.45, 2.75) is 32.2 Å². The van der Waals surface area contributed by atoms with Crippen molar-refractivity contribution < 1.29 is 0 Å². The van der Waals surface area contributed by atoms with Gasteiger partial charge in [0.2, 0.25) is 0 Å². The molecule has 5 rings (SSSR count). The fourth-order valence-electron chi connectivity index (χ4n) is 4.18. The Morgan fingerprint density at radius 1 is 1.04 bits per heavy atom. The molecule has 4 heterocycles. The monoisotopic (exact) mass is 365 g/mol. The number of fused-ring (bicyclic) bond motifs is 3. The number of thiophene rings is 1. The summed E-state index contributed by atoms with van der Waals surface area (Å²) in [4.78, 5) is 21.2. The first-order chi connectivity index (χ1) is 12.9. The highest BCUT2D eigenvalue weighted by Gasteiger charge is 2.24. The third-order valence-corrected chi connectivity index (χ3v) is 6.73. The molecule has 1 aliphatic heterocycles. The van der Waals surface area contributed by atoms with Gasteiger partial charge < -0.3 is 4.90 Å². The van der Waals surface area contributed by atoms with E-state index in [1.165, 1.54) is 47.0 Å². The van der Waals surface area contributed by atoms with E-state index in [2.05, 4.69) is 25.8 Å². The summed E-state index contributed by atoms with van der Waals surface area (Å²) >= 11 is 1.89. The minimum atomic E-state index is 0.981. The van der Waals surface area contributed by atoms with Crippen molar-refractivity contribution in [2.24, 2.45) is 0 Å². The van der Waals surface area contributed by atoms with Crippen LogP contribution in [0.4, 0.5) is 5.82 Å². The van der Waals surface area contributed by atoms with Crippen LogP contribution in [0.25, 0.3) is 10.2 Å². The molecule has 1 saturated heterocycles. The Bertz CT molecular complexity index is 899. The van der Waals surface area contributed by atoms with Crippen LogP contribution in [-0.2, 0) is 19.4 Å². The molecule has 0 bridgehead atoms. The zero-order chi connectivity index (χ0) is 17.3. The van der Waals surface area contributed by atoms with Gasteiger partial charge in [0.15, 0.2) is 0 Å². The predicted octanol–water partition coefficient (Wildman–Crippen LogP) is 3.29. The Hall–Kier alpha value is -2.05. The number of pyridine rings is 1. The highest BCUT2D eigenvalue weighted by atomic mass is 32.1. The zero-order valence-corrected chi connectivity index (χ0v) is 15.7. The average molecular weight is 366 g/mol. The first-order valence-corrected chi connectivity index (χ1v) is 10.3. The number of piperazine rings is 1. The van der Waals surface area contributed by atoms with Crippen LogP contribution in [0.3, 0.4) is 0 Å². The lowest BCUT2D eigenvalue weighted by Gasteiger charge is -2.35. The van der Waals surface area contributed by atoms with E-state index >= 15 is 0 Å². The molecule has 0 unspecified atom stereocenters. The highest BCUT2D eigenvalue weighted by Crippen LogP contribution is 2.39. The van der Waals surface area contributed by atoms with E-state index < -0.39 is 0 Å². The van der Waals surface area contributed by atoms with Crippen LogP contribution in [0.15, 0.2) is 30.9 Å². The van der Waals surface area contributed by atoms with Crippen LogP contribution in [0, 0.1) is 0 Å². The van der Waals surface area contributed by atoms with Crippen LogP contribution in [0.1, 0.15) is 28.8 Å². The fourth-order valence-corrected chi connectivity index (χ4v) is 5.40. The molecule has 6 heteroatoms. The summed E-state index contributed by atoms with van der Waals surface area (Å²) in [7, 11) is 0. The van der Waals surface area contributed by atoms with E-state index in [-0.39, 0.29) is 0 Å². The number of anilines is 1. The highest BCUT2D eigenvalue weighted by molar-refractivity contribution is 7.19. The van der Waals surface area contributed by atoms with Gasteiger partial charge >= 0.3 is 0 Å². The van der Waals surface area contributed by atoms with Crippen LogP contribution >= 0.6 is 11.3 Å². The van der Waals surface area contributed by atoms with Crippen LogP contribution < -0.4 is 4.90 Å². The molecule has 0 N–H and O–H groups in total. The number of nitrogens with zero attached hydrogens (tertiary/aromatic N) is 5. The number of aryl methyl sites for hydroxylation is 2. The first kappa shape index (κ1) is 16.1. The number of hydrogen-bond donors (Lipinski definition) is 0. The number of hydrogen-bond acceptors (Lipinski definition) is 6. The summed E-state index contributed by atoms with van der Waals surface area (Å²) in [5, 5.41) is 1.34. The van der Waals surface area contributed by atoms with Gasteiger partial charge in [-0.1, -0.05) is 6.07 Å². The second kappa shape index (κ2) is 6.93. The van der Waals surface area contributed by atoms with E-state index in [9.17, 15) is 0 Å². The molecule has 0 amide bonds. The van der Waals surface area contributed by atoms with Gasteiger partial charge in [0, 0.05) is 50.0 Å². The van der Waals surface area contributed by atoms with Crippen molar-refractivity contribution >= 4 is 27.4 Å². The van der Waals surface area contributed by atoms with Crippen molar-refractivity contribution in [2.75, 3.05) is 31.1 Å². The summed E-state index contributed by atoms with van der Waals surface area (Å²) in [6, 6.07) is 4.17. The number of aromatic nitrogens is 3. The molecule has 0 atom stereocenters. The Morgan fingerprint density at radius 2 is 1.92 bits per heavy atom. The SMILES string of the molecule is c1cncc(CN2CCN(c3ncnc4sc5c(c34)CCCC5)CC2)c1. The molecule has 1 aliphatic carbocycles. The summed E-state index contributed by atoms with van der Waals surface area (Å²) < 4.78 is 0. The molecule has 0 saturated carbocycles. The molecule has 3 aromatic rings. The van der Waals surface area contributed by atoms with Crippen LogP contribution in [-0.4, -0.2) is 46.0 Å². The predicted molar refractivity (Wildman–Crippen MR) is 106 cm³/mol. The summed E-state index contributed by atoms with van der Waals surface area (Å²) in [5.41, 5.74) is 2.82. The second-order valence-corrected chi connectivity index (χ2v) is 8.30. The standard InChI is InChI=1S/C20H23N5S/c1-2-6-17-16(5-1)18-19(22-14-23-20(18)26-17)25-10-8-24(9-11-25)13-15-4-3-7-21-12-15/h3-4,7,12,14H,1-2,5-6,8-11,13H2. The molecule has 134 valence electrons. The van der Waals surface area contributed by atoms with Gasteiger partial charge in [-0.2, -0.15) is 0 Å². The smallest absolute Gasteiger partial charge is 0.141 e. The maximum absolute atomic E-state index is 4.71. The van der Waals surface area contributed by atoms with Crippen molar-refractivity contribution in [3.05, 3.63) is 46.9 Å². The van der Waals surface area contributed by atoms with Gasteiger partial charge in [-0.15, -0.1) is 11.3 Å². The van der Waals surface area contributed by atoms with Gasteiger partial charge in [0.1, 0.15) is 17.0 Å².